The van der Waals surface area contributed by atoms with E-state index in [0.717, 1.165) is 31.7 Å². The molecule has 1 N–H and O–H groups in total. The Morgan fingerprint density at radius 3 is 2.43 bits per heavy atom. The monoisotopic (exact) mass is 372 g/mol. The van der Waals surface area contributed by atoms with E-state index >= 15 is 0 Å². The van der Waals surface area contributed by atoms with Crippen molar-refractivity contribution in [3.8, 4) is 0 Å². The van der Waals surface area contributed by atoms with Gasteiger partial charge in [-0.2, -0.15) is 11.3 Å². The van der Waals surface area contributed by atoms with Gasteiger partial charge >= 0.3 is 0 Å². The van der Waals surface area contributed by atoms with Crippen LogP contribution >= 0.6 is 27.3 Å². The molecule has 0 radical (unpaired) electrons. The van der Waals surface area contributed by atoms with E-state index in [1.54, 1.807) is 11.3 Å². The fourth-order valence-corrected chi connectivity index (χ4v) is 3.83. The number of nitrogens with one attached hydrogen (secondary N) is 1. The molecule has 1 fully saturated rings. The average molecular weight is 373 g/mol. The summed E-state index contributed by atoms with van der Waals surface area (Å²) in [6.07, 6.45) is 0. The standard InChI is InChI=1S/C15H15BrF2N2S/c16-11-7-12(17)14(13(18)8-11)15(10-1-6-21-9-10)20-4-2-19-3-5-20/h1,6-9,15,19H,2-5H2/t15-/m1/s1. The zero-order chi connectivity index (χ0) is 14.8. The number of thiophene rings is 1. The van der Waals surface area contributed by atoms with Crippen molar-refractivity contribution in [3.05, 3.63) is 56.2 Å². The number of rotatable bonds is 3. The van der Waals surface area contributed by atoms with Gasteiger partial charge in [0.15, 0.2) is 0 Å². The van der Waals surface area contributed by atoms with Gasteiger partial charge in [0.2, 0.25) is 0 Å². The largest absolute Gasteiger partial charge is 0.314 e. The first-order valence-corrected chi connectivity index (χ1v) is 8.51. The van der Waals surface area contributed by atoms with Gasteiger partial charge in [-0.3, -0.25) is 4.90 Å². The highest BCUT2D eigenvalue weighted by Crippen LogP contribution is 2.35. The number of hydrogen-bond donors (Lipinski definition) is 1. The molecule has 2 nitrogen and oxygen atoms in total. The van der Waals surface area contributed by atoms with Crippen LogP contribution in [0.5, 0.6) is 0 Å². The minimum atomic E-state index is -0.503. The first kappa shape index (κ1) is 15.1. The van der Waals surface area contributed by atoms with Crippen molar-refractivity contribution in [2.75, 3.05) is 26.2 Å². The van der Waals surface area contributed by atoms with Gasteiger partial charge in [0.05, 0.1) is 6.04 Å². The molecule has 1 aliphatic rings. The Balaban J connectivity index is 2.07. The van der Waals surface area contributed by atoms with Crippen LogP contribution in [-0.4, -0.2) is 31.1 Å². The Kier molecular flexibility index (Phi) is 4.69. The van der Waals surface area contributed by atoms with Crippen molar-refractivity contribution in [2.24, 2.45) is 0 Å². The fraction of sp³-hybridized carbons (Fsp3) is 0.333. The zero-order valence-electron chi connectivity index (χ0n) is 11.3. The molecule has 0 unspecified atom stereocenters. The third-order valence-corrected chi connectivity index (χ3v) is 4.85. The summed E-state index contributed by atoms with van der Waals surface area (Å²) in [7, 11) is 0. The first-order valence-electron chi connectivity index (χ1n) is 6.78. The summed E-state index contributed by atoms with van der Waals surface area (Å²) < 4.78 is 29.2. The van der Waals surface area contributed by atoms with Crippen molar-refractivity contribution in [1.82, 2.24) is 10.2 Å². The third-order valence-electron chi connectivity index (χ3n) is 3.69. The molecule has 1 aliphatic heterocycles. The number of nitrogens with zero attached hydrogens (tertiary/aromatic N) is 1. The molecule has 3 rings (SSSR count). The van der Waals surface area contributed by atoms with Gasteiger partial charge in [-0.25, -0.2) is 8.78 Å². The Morgan fingerprint density at radius 2 is 1.86 bits per heavy atom. The molecule has 1 saturated heterocycles. The molecule has 1 aromatic carbocycles. The third kappa shape index (κ3) is 3.18. The molecule has 112 valence electrons. The van der Waals surface area contributed by atoms with Crippen LogP contribution in [0.25, 0.3) is 0 Å². The van der Waals surface area contributed by atoms with E-state index < -0.39 is 11.6 Å². The normalized spacial score (nSPS) is 17.9. The maximum atomic E-state index is 14.4. The van der Waals surface area contributed by atoms with Crippen LogP contribution in [0.4, 0.5) is 8.78 Å². The number of halogens is 3. The molecule has 2 heterocycles. The van der Waals surface area contributed by atoms with Crippen LogP contribution in [0.2, 0.25) is 0 Å². The molecule has 0 bridgehead atoms. The van der Waals surface area contributed by atoms with Crippen LogP contribution in [-0.2, 0) is 0 Å². The van der Waals surface area contributed by atoms with Gasteiger partial charge in [-0.15, -0.1) is 0 Å². The average Bonchev–Trinajstić information content (AvgIpc) is 2.97. The smallest absolute Gasteiger partial charge is 0.132 e. The van der Waals surface area contributed by atoms with E-state index in [2.05, 4.69) is 26.1 Å². The highest BCUT2D eigenvalue weighted by Gasteiger charge is 2.29. The highest BCUT2D eigenvalue weighted by atomic mass is 79.9. The van der Waals surface area contributed by atoms with E-state index in [0.29, 0.717) is 4.47 Å². The molecule has 1 atom stereocenters. The second-order valence-electron chi connectivity index (χ2n) is 5.03. The molecule has 21 heavy (non-hydrogen) atoms. The lowest BCUT2D eigenvalue weighted by atomic mass is 9.97. The molecule has 2 aromatic rings. The van der Waals surface area contributed by atoms with Crippen LogP contribution in [0.1, 0.15) is 17.2 Å². The van der Waals surface area contributed by atoms with Gasteiger partial charge in [0.1, 0.15) is 11.6 Å². The summed E-state index contributed by atoms with van der Waals surface area (Å²) in [4.78, 5) is 2.13. The molecule has 0 aliphatic carbocycles. The second kappa shape index (κ2) is 6.52. The predicted molar refractivity (Wildman–Crippen MR) is 84.7 cm³/mol. The molecular formula is C15H15BrF2N2S. The van der Waals surface area contributed by atoms with E-state index in [4.69, 9.17) is 0 Å². The maximum Gasteiger partial charge on any atom is 0.132 e. The summed E-state index contributed by atoms with van der Waals surface area (Å²) in [5.41, 5.74) is 1.08. The van der Waals surface area contributed by atoms with E-state index in [-0.39, 0.29) is 11.6 Å². The van der Waals surface area contributed by atoms with Crippen molar-refractivity contribution in [3.63, 3.8) is 0 Å². The summed E-state index contributed by atoms with van der Waals surface area (Å²) >= 11 is 4.68. The van der Waals surface area contributed by atoms with Gasteiger partial charge in [0.25, 0.3) is 0 Å². The molecule has 0 saturated carbocycles. The van der Waals surface area contributed by atoms with E-state index in [1.807, 2.05) is 16.8 Å². The lowest BCUT2D eigenvalue weighted by Gasteiger charge is -2.35. The maximum absolute atomic E-state index is 14.4. The van der Waals surface area contributed by atoms with Gasteiger partial charge in [0, 0.05) is 36.2 Å². The van der Waals surface area contributed by atoms with Crippen molar-refractivity contribution in [1.29, 1.82) is 0 Å². The van der Waals surface area contributed by atoms with Gasteiger partial charge in [-0.1, -0.05) is 15.9 Å². The number of piperazine rings is 1. The Labute approximate surface area is 134 Å². The van der Waals surface area contributed by atoms with Crippen LogP contribution in [0, 0.1) is 11.6 Å². The van der Waals surface area contributed by atoms with E-state index in [1.165, 1.54) is 12.1 Å². The quantitative estimate of drug-likeness (QED) is 0.881. The molecule has 0 amide bonds. The molecule has 0 spiro atoms. The van der Waals surface area contributed by atoms with Crippen LogP contribution in [0.3, 0.4) is 0 Å². The van der Waals surface area contributed by atoms with Crippen LogP contribution in [0.15, 0.2) is 33.4 Å². The predicted octanol–water partition coefficient (Wildman–Crippen LogP) is 3.78. The first-order chi connectivity index (χ1) is 10.2. The van der Waals surface area contributed by atoms with Crippen molar-refractivity contribution in [2.45, 2.75) is 6.04 Å². The van der Waals surface area contributed by atoms with E-state index in [9.17, 15) is 8.78 Å². The summed E-state index contributed by atoms with van der Waals surface area (Å²) in [5, 5.41) is 7.18. The fourth-order valence-electron chi connectivity index (χ4n) is 2.75. The Bertz CT molecular complexity index is 589. The molecule has 6 heteroatoms. The van der Waals surface area contributed by atoms with Crippen molar-refractivity contribution < 1.29 is 8.78 Å². The number of benzene rings is 1. The zero-order valence-corrected chi connectivity index (χ0v) is 13.7. The Hall–Kier alpha value is -0.820. The number of hydrogen-bond acceptors (Lipinski definition) is 3. The lowest BCUT2D eigenvalue weighted by Crippen LogP contribution is -2.45. The lowest BCUT2D eigenvalue weighted by molar-refractivity contribution is 0.192. The van der Waals surface area contributed by atoms with Crippen LogP contribution < -0.4 is 5.32 Å². The minimum absolute atomic E-state index is 0.138. The summed E-state index contributed by atoms with van der Waals surface area (Å²) in [6, 6.07) is 4.24. The highest BCUT2D eigenvalue weighted by molar-refractivity contribution is 9.10. The second-order valence-corrected chi connectivity index (χ2v) is 6.72. The van der Waals surface area contributed by atoms with Gasteiger partial charge in [-0.05, 0) is 34.5 Å². The van der Waals surface area contributed by atoms with Gasteiger partial charge < -0.3 is 5.32 Å². The SMILES string of the molecule is Fc1cc(Br)cc(F)c1[C@@H](c1ccsc1)N1CCNCC1. The minimum Gasteiger partial charge on any atom is -0.314 e. The summed E-state index contributed by atoms with van der Waals surface area (Å²) in [6.45, 7) is 3.21. The topological polar surface area (TPSA) is 15.3 Å². The summed E-state index contributed by atoms with van der Waals surface area (Å²) in [5.74, 6) is -1.01. The Morgan fingerprint density at radius 1 is 1.19 bits per heavy atom. The van der Waals surface area contributed by atoms with Crippen molar-refractivity contribution >= 4 is 27.3 Å². The molecule has 1 aromatic heterocycles. The molecular weight excluding hydrogens is 358 g/mol.